The van der Waals surface area contributed by atoms with Gasteiger partial charge in [0.1, 0.15) is 11.0 Å². The molecule has 2 heterocycles. The number of halogens is 1. The van der Waals surface area contributed by atoms with E-state index in [9.17, 15) is 9.59 Å². The first-order chi connectivity index (χ1) is 17.5. The summed E-state index contributed by atoms with van der Waals surface area (Å²) in [6.07, 6.45) is 0.0385. The van der Waals surface area contributed by atoms with Crippen LogP contribution in [0.15, 0.2) is 71.7 Å². The molecule has 2 aliphatic heterocycles. The van der Waals surface area contributed by atoms with E-state index in [0.29, 0.717) is 38.8 Å². The van der Waals surface area contributed by atoms with Crippen LogP contribution in [0.1, 0.15) is 12.0 Å². The molecule has 2 amide bonds. The Hall–Kier alpha value is -3.69. The fourth-order valence-electron chi connectivity index (χ4n) is 3.74. The maximum atomic E-state index is 13.3. The number of thioether (sulfide) groups is 1. The first-order valence-corrected chi connectivity index (χ1v) is 12.4. The van der Waals surface area contributed by atoms with Crippen molar-refractivity contribution in [1.29, 1.82) is 0 Å². The van der Waals surface area contributed by atoms with E-state index in [0.717, 1.165) is 5.56 Å². The zero-order chi connectivity index (χ0) is 25.1. The zero-order valence-electron chi connectivity index (χ0n) is 19.3. The summed E-state index contributed by atoms with van der Waals surface area (Å²) in [7, 11) is 1.58. The van der Waals surface area contributed by atoms with E-state index in [2.05, 4.69) is 5.32 Å². The molecule has 10 heteroatoms. The van der Waals surface area contributed by atoms with Crippen LogP contribution in [-0.2, 0) is 16.1 Å². The minimum Gasteiger partial charge on any atom is -0.497 e. The lowest BCUT2D eigenvalue weighted by atomic mass is 10.1. The number of carbonyl (C=O) groups excluding carboxylic acids is 2. The van der Waals surface area contributed by atoms with Crippen LogP contribution in [0.2, 0.25) is 5.02 Å². The van der Waals surface area contributed by atoms with Crippen molar-refractivity contribution in [2.45, 2.75) is 18.2 Å². The van der Waals surface area contributed by atoms with Gasteiger partial charge < -0.3 is 19.5 Å². The number of nitrogens with zero attached hydrogens (tertiary/aromatic N) is 2. The maximum Gasteiger partial charge on any atom is 0.238 e. The van der Waals surface area contributed by atoms with Crippen molar-refractivity contribution in [3.63, 3.8) is 0 Å². The Bertz CT molecular complexity index is 1310. The molecular formula is C26H22ClN3O5S. The van der Waals surface area contributed by atoms with Gasteiger partial charge in [0.25, 0.3) is 0 Å². The monoisotopic (exact) mass is 523 g/mol. The van der Waals surface area contributed by atoms with Crippen molar-refractivity contribution in [2.24, 2.45) is 4.99 Å². The Kier molecular flexibility index (Phi) is 7.02. The first kappa shape index (κ1) is 24.0. The smallest absolute Gasteiger partial charge is 0.238 e. The molecule has 0 radical (unpaired) electrons. The summed E-state index contributed by atoms with van der Waals surface area (Å²) in [5.74, 6) is 1.52. The summed E-state index contributed by atoms with van der Waals surface area (Å²) < 4.78 is 16.0. The lowest BCUT2D eigenvalue weighted by molar-refractivity contribution is -0.129. The third kappa shape index (κ3) is 5.42. The van der Waals surface area contributed by atoms with Gasteiger partial charge in [-0.3, -0.25) is 14.5 Å². The second-order valence-corrected chi connectivity index (χ2v) is 9.67. The number of anilines is 1. The van der Waals surface area contributed by atoms with Gasteiger partial charge in [0.15, 0.2) is 16.7 Å². The Morgan fingerprint density at radius 3 is 2.61 bits per heavy atom. The van der Waals surface area contributed by atoms with Gasteiger partial charge >= 0.3 is 0 Å². The van der Waals surface area contributed by atoms with Crippen LogP contribution in [0.5, 0.6) is 17.2 Å². The molecule has 2 aliphatic rings. The fourth-order valence-corrected chi connectivity index (χ4v) is 4.97. The highest BCUT2D eigenvalue weighted by molar-refractivity contribution is 8.15. The van der Waals surface area contributed by atoms with Gasteiger partial charge in [0.05, 0.1) is 19.3 Å². The number of carbonyl (C=O) groups is 2. The van der Waals surface area contributed by atoms with Crippen molar-refractivity contribution < 1.29 is 23.8 Å². The number of ether oxygens (including phenoxy) is 3. The van der Waals surface area contributed by atoms with E-state index in [1.165, 1.54) is 11.8 Å². The molecule has 8 nitrogen and oxygen atoms in total. The topological polar surface area (TPSA) is 89.5 Å². The summed E-state index contributed by atoms with van der Waals surface area (Å²) >= 11 is 7.27. The second-order valence-electron chi connectivity index (χ2n) is 8.07. The largest absolute Gasteiger partial charge is 0.497 e. The number of hydrogen-bond donors (Lipinski definition) is 1. The number of amidine groups is 1. The van der Waals surface area contributed by atoms with Crippen LogP contribution in [0.3, 0.4) is 0 Å². The predicted molar refractivity (Wildman–Crippen MR) is 139 cm³/mol. The number of benzene rings is 3. The van der Waals surface area contributed by atoms with Crippen LogP contribution in [0, 0.1) is 0 Å². The van der Waals surface area contributed by atoms with Gasteiger partial charge in [-0.25, -0.2) is 4.99 Å². The highest BCUT2D eigenvalue weighted by atomic mass is 35.5. The summed E-state index contributed by atoms with van der Waals surface area (Å²) in [6, 6.07) is 19.6. The average molecular weight is 524 g/mol. The minimum atomic E-state index is -0.640. The van der Waals surface area contributed by atoms with Crippen molar-refractivity contribution in [3.8, 4) is 17.2 Å². The number of rotatable bonds is 6. The molecule has 3 aromatic rings. The van der Waals surface area contributed by atoms with Crippen molar-refractivity contribution in [3.05, 3.63) is 77.3 Å². The Morgan fingerprint density at radius 1 is 1.11 bits per heavy atom. The highest BCUT2D eigenvalue weighted by Gasteiger charge is 2.36. The summed E-state index contributed by atoms with van der Waals surface area (Å²) in [4.78, 5) is 32.6. The summed E-state index contributed by atoms with van der Waals surface area (Å²) in [5, 5.41) is 3.25. The third-order valence-electron chi connectivity index (χ3n) is 5.62. The van der Waals surface area contributed by atoms with Crippen LogP contribution < -0.4 is 19.5 Å². The van der Waals surface area contributed by atoms with Crippen molar-refractivity contribution in [2.75, 3.05) is 19.2 Å². The van der Waals surface area contributed by atoms with E-state index < -0.39 is 5.25 Å². The molecule has 1 saturated heterocycles. The number of fused-ring (bicyclic) bond motifs is 1. The lowest BCUT2D eigenvalue weighted by Crippen LogP contribution is -2.44. The molecule has 0 bridgehead atoms. The predicted octanol–water partition coefficient (Wildman–Crippen LogP) is 5.24. The lowest BCUT2D eigenvalue weighted by Gasteiger charge is -2.32. The Morgan fingerprint density at radius 2 is 1.86 bits per heavy atom. The maximum absolute atomic E-state index is 13.3. The van der Waals surface area contributed by atoms with E-state index in [4.69, 9.17) is 30.8 Å². The minimum absolute atomic E-state index is 0.0385. The van der Waals surface area contributed by atoms with Crippen LogP contribution in [-0.4, -0.2) is 41.0 Å². The van der Waals surface area contributed by atoms with Crippen LogP contribution in [0.25, 0.3) is 0 Å². The molecule has 36 heavy (non-hydrogen) atoms. The normalized spacial score (nSPS) is 17.8. The molecule has 5 rings (SSSR count). The van der Waals surface area contributed by atoms with Gasteiger partial charge in [-0.2, -0.15) is 0 Å². The quantitative estimate of drug-likeness (QED) is 0.475. The summed E-state index contributed by atoms with van der Waals surface area (Å²) in [6.45, 7) is 0.452. The molecule has 1 atom stereocenters. The Labute approximate surface area is 217 Å². The molecule has 0 aliphatic carbocycles. The average Bonchev–Trinajstić information content (AvgIpc) is 3.35. The third-order valence-corrected chi connectivity index (χ3v) is 7.06. The van der Waals surface area contributed by atoms with Crippen molar-refractivity contribution >= 4 is 51.7 Å². The van der Waals surface area contributed by atoms with Crippen molar-refractivity contribution in [1.82, 2.24) is 4.90 Å². The zero-order valence-corrected chi connectivity index (χ0v) is 20.8. The van der Waals surface area contributed by atoms with Crippen LogP contribution in [0.4, 0.5) is 11.4 Å². The van der Waals surface area contributed by atoms with E-state index in [-0.39, 0.29) is 31.6 Å². The number of nitrogens with one attached hydrogen (secondary N) is 1. The molecule has 0 spiro atoms. The second kappa shape index (κ2) is 10.5. The number of methoxy groups -OCH3 is 1. The summed E-state index contributed by atoms with van der Waals surface area (Å²) in [5.41, 5.74) is 2.10. The standard InChI is InChI=1S/C26H22ClN3O5S/c1-33-20-9-7-18(8-10-20)28-25(32)23-13-24(31)30(14-16-2-11-21-22(12-16)35-15-34-21)26(36-23)29-19-5-3-17(27)4-6-19/h2-12,23H,13-15H2,1H3,(H,28,32). The number of hydrogen-bond acceptors (Lipinski definition) is 7. The van der Waals surface area contributed by atoms with Gasteiger partial charge in [0.2, 0.25) is 18.6 Å². The Balaban J connectivity index is 1.38. The SMILES string of the molecule is COc1ccc(NC(=O)C2CC(=O)N(Cc3ccc4c(c3)OCO4)C(=Nc3ccc(Cl)cc3)S2)cc1. The van der Waals surface area contributed by atoms with E-state index in [1.54, 1.807) is 60.5 Å². The van der Waals surface area contributed by atoms with Gasteiger partial charge in [-0.05, 0) is 66.2 Å². The molecule has 1 N–H and O–H groups in total. The van der Waals surface area contributed by atoms with Crippen LogP contribution >= 0.6 is 23.4 Å². The molecule has 3 aromatic carbocycles. The molecule has 1 fully saturated rings. The van der Waals surface area contributed by atoms with Gasteiger partial charge in [-0.15, -0.1) is 0 Å². The molecule has 0 aromatic heterocycles. The first-order valence-electron chi connectivity index (χ1n) is 11.1. The molecular weight excluding hydrogens is 502 g/mol. The number of aliphatic imine (C=N–C) groups is 1. The van der Waals surface area contributed by atoms with Gasteiger partial charge in [-0.1, -0.05) is 29.4 Å². The highest BCUT2D eigenvalue weighted by Crippen LogP contribution is 2.35. The van der Waals surface area contributed by atoms with Gasteiger partial charge in [0, 0.05) is 17.1 Å². The fraction of sp³-hybridized carbons (Fsp3) is 0.192. The molecule has 1 unspecified atom stereocenters. The number of amides is 2. The molecule has 184 valence electrons. The molecule has 0 saturated carbocycles. The van der Waals surface area contributed by atoms with E-state index in [1.807, 2.05) is 18.2 Å². The van der Waals surface area contributed by atoms with E-state index >= 15 is 0 Å².